The molecular weight excluding hydrogens is 527 g/mol. The molecule has 4 aromatic rings. The smallest absolute Gasteiger partial charge is 0.323 e. The number of rotatable bonds is 6. The van der Waals surface area contributed by atoms with Crippen molar-refractivity contribution in [2.75, 3.05) is 22.6 Å². The summed E-state index contributed by atoms with van der Waals surface area (Å²) in [4.78, 5) is 24.4. The fourth-order valence-electron chi connectivity index (χ4n) is 3.11. The molecule has 184 valence electrons. The van der Waals surface area contributed by atoms with E-state index in [1.165, 1.54) is 36.8 Å². The lowest BCUT2D eigenvalue weighted by Crippen LogP contribution is -2.21. The number of nitrogens with two attached hydrogens (primary N) is 1. The highest BCUT2D eigenvalue weighted by molar-refractivity contribution is 7.90. The van der Waals surface area contributed by atoms with Crippen LogP contribution in [0.25, 0.3) is 11.1 Å². The van der Waals surface area contributed by atoms with Crippen molar-refractivity contribution in [3.8, 4) is 22.9 Å². The number of urea groups is 1. The van der Waals surface area contributed by atoms with Gasteiger partial charge < -0.3 is 21.1 Å². The van der Waals surface area contributed by atoms with Crippen LogP contribution in [0.5, 0.6) is 11.8 Å². The zero-order valence-corrected chi connectivity index (χ0v) is 20.9. The van der Waals surface area contributed by atoms with Gasteiger partial charge in [0.1, 0.15) is 11.6 Å². The van der Waals surface area contributed by atoms with Gasteiger partial charge >= 0.3 is 12.0 Å². The fourth-order valence-corrected chi connectivity index (χ4v) is 4.37. The van der Waals surface area contributed by atoms with Crippen LogP contribution in [0.2, 0.25) is 10.0 Å². The molecule has 36 heavy (non-hydrogen) atoms. The second-order valence-corrected chi connectivity index (χ2v) is 10.3. The third kappa shape index (κ3) is 6.19. The standard InChI is InChI=1S/C23H18Cl2N6O4S/c1-36(33,34)20-9-14(24)4-7-19(20)31-22(32)30-16-11-28-23(29-12-16)35-17-5-2-13(3-6-17)18-8-15(25)10-27-21(18)26/h2-12H,1H3,(H2,26,27)(H2,30,31,32). The van der Waals surface area contributed by atoms with Gasteiger partial charge in [-0.15, -0.1) is 0 Å². The number of nitrogen functional groups attached to an aromatic ring is 1. The van der Waals surface area contributed by atoms with E-state index in [1.54, 1.807) is 30.3 Å². The Kier molecular flexibility index (Phi) is 7.25. The summed E-state index contributed by atoms with van der Waals surface area (Å²) in [5.41, 5.74) is 7.76. The first-order chi connectivity index (χ1) is 17.1. The van der Waals surface area contributed by atoms with E-state index >= 15 is 0 Å². The van der Waals surface area contributed by atoms with Crippen LogP contribution >= 0.6 is 23.2 Å². The number of hydrogen-bond acceptors (Lipinski definition) is 8. The third-order valence-corrected chi connectivity index (χ3v) is 6.32. The molecule has 2 aromatic carbocycles. The third-order valence-electron chi connectivity index (χ3n) is 4.74. The van der Waals surface area contributed by atoms with Crippen LogP contribution in [0.15, 0.2) is 72.0 Å². The number of anilines is 3. The molecule has 0 aliphatic heterocycles. The zero-order chi connectivity index (χ0) is 25.9. The highest BCUT2D eigenvalue weighted by Crippen LogP contribution is 2.29. The molecule has 0 unspecified atom stereocenters. The molecule has 4 rings (SSSR count). The Morgan fingerprint density at radius 1 is 0.917 bits per heavy atom. The lowest BCUT2D eigenvalue weighted by Gasteiger charge is -2.11. The summed E-state index contributed by atoms with van der Waals surface area (Å²) in [5, 5.41) is 5.70. The zero-order valence-electron chi connectivity index (χ0n) is 18.6. The molecule has 13 heteroatoms. The van der Waals surface area contributed by atoms with Gasteiger partial charge in [0.2, 0.25) is 0 Å². The second-order valence-electron chi connectivity index (χ2n) is 7.46. The number of aromatic nitrogens is 3. The number of halogens is 2. The van der Waals surface area contributed by atoms with Crippen LogP contribution in [0.4, 0.5) is 22.0 Å². The average molecular weight is 545 g/mol. The van der Waals surface area contributed by atoms with Crippen LogP contribution in [0, 0.1) is 0 Å². The first-order valence-corrected chi connectivity index (χ1v) is 12.8. The highest BCUT2D eigenvalue weighted by atomic mass is 35.5. The topological polar surface area (TPSA) is 149 Å². The van der Waals surface area contributed by atoms with Crippen molar-refractivity contribution in [1.82, 2.24) is 15.0 Å². The van der Waals surface area contributed by atoms with Gasteiger partial charge in [0.05, 0.1) is 33.7 Å². The number of amides is 2. The van der Waals surface area contributed by atoms with E-state index in [4.69, 9.17) is 33.7 Å². The largest absolute Gasteiger partial charge is 0.424 e. The van der Waals surface area contributed by atoms with Crippen LogP contribution in [0.1, 0.15) is 0 Å². The Bertz CT molecular complexity index is 1530. The molecule has 0 saturated carbocycles. The van der Waals surface area contributed by atoms with Crippen molar-refractivity contribution in [3.05, 3.63) is 77.2 Å². The summed E-state index contributed by atoms with van der Waals surface area (Å²) in [6.45, 7) is 0. The quantitative estimate of drug-likeness (QED) is 0.297. The van der Waals surface area contributed by atoms with Gasteiger partial charge in [-0.2, -0.15) is 0 Å². The van der Waals surface area contributed by atoms with Gasteiger partial charge in [-0.05, 0) is 42.0 Å². The van der Waals surface area contributed by atoms with E-state index in [-0.39, 0.29) is 27.3 Å². The van der Waals surface area contributed by atoms with E-state index in [2.05, 4.69) is 25.6 Å². The van der Waals surface area contributed by atoms with E-state index in [1.807, 2.05) is 0 Å². The van der Waals surface area contributed by atoms with Gasteiger partial charge in [0.15, 0.2) is 9.84 Å². The number of sulfone groups is 1. The predicted molar refractivity (Wildman–Crippen MR) is 138 cm³/mol. The molecule has 2 heterocycles. The first kappa shape index (κ1) is 25.2. The van der Waals surface area contributed by atoms with E-state index in [0.29, 0.717) is 22.2 Å². The molecule has 0 aliphatic carbocycles. The molecule has 2 amide bonds. The Morgan fingerprint density at radius 3 is 2.28 bits per heavy atom. The molecular formula is C23H18Cl2N6O4S. The minimum absolute atomic E-state index is 0.0507. The van der Waals surface area contributed by atoms with Gasteiger partial charge in [0, 0.05) is 23.0 Å². The molecule has 0 aliphatic rings. The Balaban J connectivity index is 1.40. The second kappa shape index (κ2) is 10.4. The van der Waals surface area contributed by atoms with Crippen molar-refractivity contribution >= 4 is 56.3 Å². The maximum Gasteiger partial charge on any atom is 0.323 e. The van der Waals surface area contributed by atoms with Crippen LogP contribution in [-0.2, 0) is 9.84 Å². The Morgan fingerprint density at radius 2 is 1.61 bits per heavy atom. The first-order valence-electron chi connectivity index (χ1n) is 10.2. The molecule has 0 bridgehead atoms. The summed E-state index contributed by atoms with van der Waals surface area (Å²) in [6, 6.07) is 12.2. The number of carbonyl (C=O) groups excluding carboxylic acids is 1. The van der Waals surface area contributed by atoms with Crippen LogP contribution in [-0.4, -0.2) is 35.7 Å². The summed E-state index contributed by atoms with van der Waals surface area (Å²) >= 11 is 11.9. The van der Waals surface area contributed by atoms with Crippen LogP contribution < -0.4 is 21.1 Å². The molecule has 4 N–H and O–H groups in total. The Labute approximate surface area is 216 Å². The molecule has 0 fully saturated rings. The van der Waals surface area contributed by atoms with E-state index in [0.717, 1.165) is 11.8 Å². The molecule has 2 aromatic heterocycles. The number of pyridine rings is 1. The van der Waals surface area contributed by atoms with E-state index in [9.17, 15) is 13.2 Å². The van der Waals surface area contributed by atoms with Crippen LogP contribution in [0.3, 0.4) is 0 Å². The van der Waals surface area contributed by atoms with Crippen molar-refractivity contribution in [1.29, 1.82) is 0 Å². The maximum atomic E-state index is 12.4. The highest BCUT2D eigenvalue weighted by Gasteiger charge is 2.16. The maximum absolute atomic E-state index is 12.4. The van der Waals surface area contributed by atoms with Crippen molar-refractivity contribution < 1.29 is 17.9 Å². The fraction of sp³-hybridized carbons (Fsp3) is 0.0435. The number of carbonyl (C=O) groups is 1. The monoisotopic (exact) mass is 544 g/mol. The SMILES string of the molecule is CS(=O)(=O)c1cc(Cl)ccc1NC(=O)Nc1cnc(Oc2ccc(-c3cc(Cl)cnc3N)cc2)nc1. The average Bonchev–Trinajstić information content (AvgIpc) is 2.83. The lowest BCUT2D eigenvalue weighted by molar-refractivity contribution is 0.262. The Hall–Kier alpha value is -3.93. The molecule has 10 nitrogen and oxygen atoms in total. The van der Waals surface area contributed by atoms with Crippen molar-refractivity contribution in [2.45, 2.75) is 4.90 Å². The van der Waals surface area contributed by atoms with Gasteiger partial charge in [-0.1, -0.05) is 35.3 Å². The summed E-state index contributed by atoms with van der Waals surface area (Å²) in [7, 11) is -3.62. The summed E-state index contributed by atoms with van der Waals surface area (Å²) in [5.74, 6) is 0.828. The number of hydrogen-bond donors (Lipinski definition) is 3. The summed E-state index contributed by atoms with van der Waals surface area (Å²) < 4.78 is 29.6. The normalized spacial score (nSPS) is 11.1. The minimum atomic E-state index is -3.62. The summed E-state index contributed by atoms with van der Waals surface area (Å²) in [6.07, 6.45) is 5.18. The number of nitrogens with one attached hydrogen (secondary N) is 2. The van der Waals surface area contributed by atoms with Gasteiger partial charge in [-0.25, -0.2) is 28.2 Å². The molecule has 0 atom stereocenters. The number of ether oxygens (including phenoxy) is 1. The molecule has 0 saturated heterocycles. The number of nitrogens with zero attached hydrogens (tertiary/aromatic N) is 3. The van der Waals surface area contributed by atoms with Gasteiger partial charge in [0.25, 0.3) is 0 Å². The molecule has 0 spiro atoms. The number of benzene rings is 2. The van der Waals surface area contributed by atoms with Crippen molar-refractivity contribution in [3.63, 3.8) is 0 Å². The lowest BCUT2D eigenvalue weighted by atomic mass is 10.1. The minimum Gasteiger partial charge on any atom is -0.424 e. The van der Waals surface area contributed by atoms with Crippen molar-refractivity contribution in [2.24, 2.45) is 0 Å². The molecule has 0 radical (unpaired) electrons. The van der Waals surface area contributed by atoms with E-state index < -0.39 is 15.9 Å². The van der Waals surface area contributed by atoms with Gasteiger partial charge in [-0.3, -0.25) is 0 Å². The predicted octanol–water partition coefficient (Wildman–Crippen LogP) is 5.27.